The fourth-order valence-corrected chi connectivity index (χ4v) is 3.47. The summed E-state index contributed by atoms with van der Waals surface area (Å²) in [4.78, 5) is 20.5. The van der Waals surface area contributed by atoms with Gasteiger partial charge >= 0.3 is 0 Å². The van der Waals surface area contributed by atoms with Gasteiger partial charge in [0, 0.05) is 45.3 Å². The van der Waals surface area contributed by atoms with Gasteiger partial charge in [-0.05, 0) is 32.6 Å². The molecule has 1 aliphatic carbocycles. The maximum Gasteiger partial charge on any atom is 0.243 e. The SMILES string of the molecule is CC1CN(C(C)C)CC1NC(=NCC(=O)N(C)C)NC1CCCC1.I. The Balaban J connectivity index is 0.00000312. The number of nitrogens with zero attached hydrogens (tertiary/aromatic N) is 3. The predicted molar refractivity (Wildman–Crippen MR) is 115 cm³/mol. The highest BCUT2D eigenvalue weighted by molar-refractivity contribution is 14.0. The van der Waals surface area contributed by atoms with Crippen molar-refractivity contribution in [1.82, 2.24) is 20.4 Å². The summed E-state index contributed by atoms with van der Waals surface area (Å²) in [5, 5.41) is 7.15. The van der Waals surface area contributed by atoms with Crippen LogP contribution in [0.3, 0.4) is 0 Å². The third-order valence-corrected chi connectivity index (χ3v) is 5.26. The van der Waals surface area contributed by atoms with Crippen molar-refractivity contribution in [1.29, 1.82) is 0 Å². The molecule has 0 bridgehead atoms. The van der Waals surface area contributed by atoms with Gasteiger partial charge in [0.1, 0.15) is 6.54 Å². The normalized spacial score (nSPS) is 25.1. The van der Waals surface area contributed by atoms with Crippen LogP contribution >= 0.6 is 24.0 Å². The Labute approximate surface area is 170 Å². The molecule has 0 aromatic heterocycles. The Morgan fingerprint density at radius 2 is 1.84 bits per heavy atom. The van der Waals surface area contributed by atoms with Crippen molar-refractivity contribution in [3.8, 4) is 0 Å². The lowest BCUT2D eigenvalue weighted by molar-refractivity contribution is -0.127. The van der Waals surface area contributed by atoms with Gasteiger partial charge in [0.15, 0.2) is 5.96 Å². The largest absolute Gasteiger partial charge is 0.354 e. The van der Waals surface area contributed by atoms with E-state index in [1.165, 1.54) is 25.7 Å². The molecule has 2 N–H and O–H groups in total. The summed E-state index contributed by atoms with van der Waals surface area (Å²) in [6.45, 7) is 9.13. The quantitative estimate of drug-likeness (QED) is 0.370. The lowest BCUT2D eigenvalue weighted by atomic mass is 10.1. The second-order valence-corrected chi connectivity index (χ2v) is 7.85. The maximum absolute atomic E-state index is 11.9. The van der Waals surface area contributed by atoms with Gasteiger partial charge in [0.25, 0.3) is 0 Å². The first kappa shape index (κ1) is 22.5. The summed E-state index contributed by atoms with van der Waals surface area (Å²) >= 11 is 0. The van der Waals surface area contributed by atoms with Gasteiger partial charge < -0.3 is 15.5 Å². The summed E-state index contributed by atoms with van der Waals surface area (Å²) < 4.78 is 0. The number of amides is 1. The Bertz CT molecular complexity index is 449. The van der Waals surface area contributed by atoms with E-state index in [0.717, 1.165) is 19.0 Å². The topological polar surface area (TPSA) is 60.0 Å². The molecule has 0 spiro atoms. The number of likely N-dealkylation sites (tertiary alicyclic amines) is 1. The van der Waals surface area contributed by atoms with Crippen LogP contribution in [0.4, 0.5) is 0 Å². The number of carbonyl (C=O) groups is 1. The van der Waals surface area contributed by atoms with Crippen molar-refractivity contribution < 1.29 is 4.79 Å². The monoisotopic (exact) mass is 465 g/mol. The Hall–Kier alpha value is -0.570. The van der Waals surface area contributed by atoms with Gasteiger partial charge in [-0.2, -0.15) is 0 Å². The van der Waals surface area contributed by atoms with E-state index in [1.807, 2.05) is 0 Å². The molecule has 1 aliphatic heterocycles. The van der Waals surface area contributed by atoms with Crippen molar-refractivity contribution in [2.75, 3.05) is 33.7 Å². The number of hydrogen-bond acceptors (Lipinski definition) is 3. The average Bonchev–Trinajstić information content (AvgIpc) is 3.14. The predicted octanol–water partition coefficient (Wildman–Crippen LogP) is 1.90. The van der Waals surface area contributed by atoms with E-state index < -0.39 is 0 Å². The van der Waals surface area contributed by atoms with Crippen molar-refractivity contribution in [2.24, 2.45) is 10.9 Å². The smallest absolute Gasteiger partial charge is 0.243 e. The number of carbonyl (C=O) groups excluding carboxylic acids is 1. The van der Waals surface area contributed by atoms with E-state index in [4.69, 9.17) is 0 Å². The molecular weight excluding hydrogens is 429 g/mol. The maximum atomic E-state index is 11.9. The van der Waals surface area contributed by atoms with Gasteiger partial charge in [-0.1, -0.05) is 19.8 Å². The summed E-state index contributed by atoms with van der Waals surface area (Å²) in [5.74, 6) is 1.41. The van der Waals surface area contributed by atoms with Crippen molar-refractivity contribution in [3.05, 3.63) is 0 Å². The molecule has 2 atom stereocenters. The van der Waals surface area contributed by atoms with E-state index in [9.17, 15) is 4.79 Å². The zero-order valence-electron chi connectivity index (χ0n) is 16.4. The number of aliphatic imine (C=N–C) groups is 1. The highest BCUT2D eigenvalue weighted by Crippen LogP contribution is 2.20. The second kappa shape index (κ2) is 10.5. The standard InChI is InChI=1S/C18H35N5O.HI/c1-13(2)23-11-14(3)16(12-23)21-18(19-10-17(24)22(4)5)20-15-8-6-7-9-15;/h13-16H,6-12H2,1-5H3,(H2,19,20,21);1H. The van der Waals surface area contributed by atoms with E-state index in [1.54, 1.807) is 19.0 Å². The number of hydrogen-bond donors (Lipinski definition) is 2. The van der Waals surface area contributed by atoms with Gasteiger partial charge in [0.2, 0.25) is 5.91 Å². The minimum atomic E-state index is 0. The lowest BCUT2D eigenvalue weighted by Crippen LogP contribution is -2.49. The van der Waals surface area contributed by atoms with Crippen molar-refractivity contribution in [2.45, 2.75) is 64.6 Å². The molecule has 0 aromatic rings. The molecule has 1 amide bonds. The minimum absolute atomic E-state index is 0. The van der Waals surface area contributed by atoms with Gasteiger partial charge in [-0.25, -0.2) is 4.99 Å². The van der Waals surface area contributed by atoms with E-state index in [-0.39, 0.29) is 36.4 Å². The van der Waals surface area contributed by atoms with Crippen LogP contribution in [0.15, 0.2) is 4.99 Å². The van der Waals surface area contributed by atoms with Crippen LogP contribution in [0.25, 0.3) is 0 Å². The van der Waals surface area contributed by atoms with Crippen molar-refractivity contribution in [3.63, 3.8) is 0 Å². The zero-order valence-corrected chi connectivity index (χ0v) is 18.7. The molecule has 1 saturated carbocycles. The Morgan fingerprint density at radius 1 is 1.20 bits per heavy atom. The highest BCUT2D eigenvalue weighted by Gasteiger charge is 2.31. The summed E-state index contributed by atoms with van der Waals surface area (Å²) in [6, 6.07) is 1.44. The van der Waals surface area contributed by atoms with Gasteiger partial charge in [0.05, 0.1) is 0 Å². The van der Waals surface area contributed by atoms with Crippen molar-refractivity contribution >= 4 is 35.8 Å². The van der Waals surface area contributed by atoms with Gasteiger partial charge in [-0.3, -0.25) is 9.69 Å². The third kappa shape index (κ3) is 6.92. The van der Waals surface area contributed by atoms with Crippen LogP contribution in [0, 0.1) is 5.92 Å². The molecule has 2 aliphatic rings. The number of nitrogens with one attached hydrogen (secondary N) is 2. The number of halogens is 1. The summed E-state index contributed by atoms with van der Waals surface area (Å²) in [7, 11) is 3.55. The van der Waals surface area contributed by atoms with Crippen LogP contribution in [0.5, 0.6) is 0 Å². The van der Waals surface area contributed by atoms with E-state index in [2.05, 4.69) is 41.3 Å². The molecule has 0 radical (unpaired) electrons. The molecule has 25 heavy (non-hydrogen) atoms. The summed E-state index contributed by atoms with van der Waals surface area (Å²) in [5.41, 5.74) is 0. The first-order valence-corrected chi connectivity index (χ1v) is 9.38. The Morgan fingerprint density at radius 3 is 2.36 bits per heavy atom. The third-order valence-electron chi connectivity index (χ3n) is 5.26. The molecule has 2 rings (SSSR count). The zero-order chi connectivity index (χ0) is 17.7. The molecule has 2 unspecified atom stereocenters. The molecule has 6 nitrogen and oxygen atoms in total. The Kier molecular flexibility index (Phi) is 9.48. The van der Waals surface area contributed by atoms with Crippen LogP contribution in [-0.2, 0) is 4.79 Å². The second-order valence-electron chi connectivity index (χ2n) is 7.85. The lowest BCUT2D eigenvalue weighted by Gasteiger charge is -2.24. The first-order chi connectivity index (χ1) is 11.4. The molecule has 146 valence electrons. The van der Waals surface area contributed by atoms with Crippen LogP contribution in [0.2, 0.25) is 0 Å². The molecule has 0 aromatic carbocycles. The number of likely N-dealkylation sites (N-methyl/N-ethyl adjacent to an activating group) is 1. The van der Waals surface area contributed by atoms with E-state index in [0.29, 0.717) is 24.0 Å². The van der Waals surface area contributed by atoms with Crippen LogP contribution < -0.4 is 10.6 Å². The molecule has 1 heterocycles. The van der Waals surface area contributed by atoms with Gasteiger partial charge in [-0.15, -0.1) is 24.0 Å². The molecule has 7 heteroatoms. The van der Waals surface area contributed by atoms with Crippen LogP contribution in [0.1, 0.15) is 46.5 Å². The minimum Gasteiger partial charge on any atom is -0.354 e. The molecular formula is C18H36IN5O. The fourth-order valence-electron chi connectivity index (χ4n) is 3.47. The average molecular weight is 465 g/mol. The fraction of sp³-hybridized carbons (Fsp3) is 0.889. The first-order valence-electron chi connectivity index (χ1n) is 9.38. The molecule has 1 saturated heterocycles. The van der Waals surface area contributed by atoms with E-state index >= 15 is 0 Å². The number of rotatable bonds is 5. The number of guanidine groups is 1. The summed E-state index contributed by atoms with van der Waals surface area (Å²) in [6.07, 6.45) is 4.95. The van der Waals surface area contributed by atoms with Crippen LogP contribution in [-0.4, -0.2) is 73.5 Å². The molecule has 2 fully saturated rings. The highest BCUT2D eigenvalue weighted by atomic mass is 127.